The lowest BCUT2D eigenvalue weighted by atomic mass is 9.80. The van der Waals surface area contributed by atoms with E-state index in [-0.39, 0.29) is 35.4 Å². The largest absolute Gasteiger partial charge is 0.342 e. The van der Waals surface area contributed by atoms with Crippen molar-refractivity contribution in [2.45, 2.75) is 76.8 Å². The van der Waals surface area contributed by atoms with Crippen molar-refractivity contribution in [3.8, 4) is 0 Å². The summed E-state index contributed by atoms with van der Waals surface area (Å²) in [4.78, 5) is 40.1. The van der Waals surface area contributed by atoms with E-state index in [4.69, 9.17) is 0 Å². The van der Waals surface area contributed by atoms with Crippen molar-refractivity contribution >= 4 is 17.6 Å². The Morgan fingerprint density at radius 1 is 1.03 bits per heavy atom. The first-order valence-electron chi connectivity index (χ1n) is 12.4. The van der Waals surface area contributed by atoms with Crippen LogP contribution in [0.25, 0.3) is 0 Å². The van der Waals surface area contributed by atoms with Gasteiger partial charge in [0.05, 0.1) is 12.6 Å². The molecular formula is C26H37N3O3. The lowest BCUT2D eigenvalue weighted by Gasteiger charge is -2.40. The summed E-state index contributed by atoms with van der Waals surface area (Å²) < 4.78 is 0. The molecule has 6 heteroatoms. The van der Waals surface area contributed by atoms with Gasteiger partial charge in [-0.25, -0.2) is 0 Å². The van der Waals surface area contributed by atoms with Gasteiger partial charge >= 0.3 is 0 Å². The SMILES string of the molecule is CC(C)C(=O)[C@H](NC(=O)c1cccc(C2CN(C(=O)CNC3CC3)C2)c1)C1CCCCC1. The van der Waals surface area contributed by atoms with Crippen LogP contribution in [0.3, 0.4) is 0 Å². The highest BCUT2D eigenvalue weighted by atomic mass is 16.2. The Morgan fingerprint density at radius 2 is 1.75 bits per heavy atom. The first kappa shape index (κ1) is 23.0. The number of rotatable bonds is 9. The van der Waals surface area contributed by atoms with Crippen LogP contribution in [-0.2, 0) is 9.59 Å². The fourth-order valence-corrected chi connectivity index (χ4v) is 4.93. The maximum Gasteiger partial charge on any atom is 0.251 e. The highest BCUT2D eigenvalue weighted by Gasteiger charge is 2.34. The fraction of sp³-hybridized carbons (Fsp3) is 0.654. The van der Waals surface area contributed by atoms with Gasteiger partial charge in [-0.1, -0.05) is 45.2 Å². The summed E-state index contributed by atoms with van der Waals surface area (Å²) in [5.74, 6) is 0.526. The first-order chi connectivity index (χ1) is 15.4. The standard InChI is InChI=1S/C26H37N3O3/c1-17(2)25(31)24(18-7-4-3-5-8-18)28-26(32)20-10-6-9-19(13-20)21-15-29(16-21)23(30)14-27-22-11-12-22/h6,9-10,13,17-18,21-22,24,27H,3-5,7-8,11-12,14-16H2,1-2H3,(H,28,32)/t24-/m1/s1. The van der Waals surface area contributed by atoms with Crippen LogP contribution in [0, 0.1) is 11.8 Å². The summed E-state index contributed by atoms with van der Waals surface area (Å²) in [6.45, 7) is 5.65. The number of hydrogen-bond acceptors (Lipinski definition) is 4. The van der Waals surface area contributed by atoms with Gasteiger partial charge in [-0.05, 0) is 49.3 Å². The number of nitrogens with zero attached hydrogens (tertiary/aromatic N) is 1. The molecule has 32 heavy (non-hydrogen) atoms. The van der Waals surface area contributed by atoms with Gasteiger partial charge < -0.3 is 15.5 Å². The van der Waals surface area contributed by atoms with Crippen molar-refractivity contribution in [1.82, 2.24) is 15.5 Å². The summed E-state index contributed by atoms with van der Waals surface area (Å²) in [7, 11) is 0. The van der Waals surface area contributed by atoms with Crippen LogP contribution < -0.4 is 10.6 Å². The Balaban J connectivity index is 1.36. The number of carbonyl (C=O) groups excluding carboxylic acids is 3. The van der Waals surface area contributed by atoms with Gasteiger partial charge in [0.1, 0.15) is 0 Å². The molecule has 1 aromatic rings. The highest BCUT2D eigenvalue weighted by Crippen LogP contribution is 2.30. The molecule has 2 saturated carbocycles. The topological polar surface area (TPSA) is 78.5 Å². The van der Waals surface area contributed by atoms with E-state index < -0.39 is 6.04 Å². The minimum atomic E-state index is -0.401. The number of carbonyl (C=O) groups is 3. The molecule has 1 aromatic carbocycles. The number of nitrogens with one attached hydrogen (secondary N) is 2. The normalized spacial score (nSPS) is 20.7. The third kappa shape index (κ3) is 5.58. The Bertz CT molecular complexity index is 836. The highest BCUT2D eigenvalue weighted by molar-refractivity contribution is 5.98. The molecule has 0 spiro atoms. The van der Waals surface area contributed by atoms with Crippen molar-refractivity contribution in [3.63, 3.8) is 0 Å². The molecule has 1 atom stereocenters. The summed E-state index contributed by atoms with van der Waals surface area (Å²) >= 11 is 0. The summed E-state index contributed by atoms with van der Waals surface area (Å²) in [6.07, 6.45) is 7.84. The molecule has 1 aliphatic heterocycles. The van der Waals surface area contributed by atoms with Crippen LogP contribution in [0.1, 0.15) is 80.6 Å². The van der Waals surface area contributed by atoms with Gasteiger partial charge in [-0.3, -0.25) is 14.4 Å². The molecule has 1 heterocycles. The second kappa shape index (κ2) is 10.2. The molecule has 0 bridgehead atoms. The van der Waals surface area contributed by atoms with Crippen LogP contribution in [0.15, 0.2) is 24.3 Å². The molecule has 2 aliphatic carbocycles. The number of Topliss-reactive ketones (excluding diaryl/α,β-unsaturated/α-hetero) is 1. The van der Waals surface area contributed by atoms with E-state index >= 15 is 0 Å². The first-order valence-corrected chi connectivity index (χ1v) is 12.4. The molecule has 0 unspecified atom stereocenters. The van der Waals surface area contributed by atoms with Gasteiger partial charge in [0.15, 0.2) is 5.78 Å². The van der Waals surface area contributed by atoms with Gasteiger partial charge in [-0.15, -0.1) is 0 Å². The lowest BCUT2D eigenvalue weighted by Crippen LogP contribution is -2.51. The Hall–Kier alpha value is -2.21. The van der Waals surface area contributed by atoms with Crippen molar-refractivity contribution in [3.05, 3.63) is 35.4 Å². The Morgan fingerprint density at radius 3 is 2.41 bits per heavy atom. The van der Waals surface area contributed by atoms with Crippen molar-refractivity contribution in [2.24, 2.45) is 11.8 Å². The minimum absolute atomic E-state index is 0.0959. The second-order valence-corrected chi connectivity index (χ2v) is 10.2. The van der Waals surface area contributed by atoms with Crippen molar-refractivity contribution in [1.29, 1.82) is 0 Å². The molecule has 6 nitrogen and oxygen atoms in total. The molecule has 0 radical (unpaired) electrons. The molecule has 2 amide bonds. The van der Waals surface area contributed by atoms with E-state index in [1.165, 1.54) is 19.3 Å². The second-order valence-electron chi connectivity index (χ2n) is 10.2. The van der Waals surface area contributed by atoms with Crippen molar-refractivity contribution in [2.75, 3.05) is 19.6 Å². The average molecular weight is 440 g/mol. The van der Waals surface area contributed by atoms with Crippen LogP contribution in [0.2, 0.25) is 0 Å². The van der Waals surface area contributed by atoms with E-state index in [0.717, 1.165) is 31.2 Å². The molecule has 174 valence electrons. The van der Waals surface area contributed by atoms with Gasteiger partial charge in [-0.2, -0.15) is 0 Å². The maximum absolute atomic E-state index is 13.1. The van der Waals surface area contributed by atoms with Crippen LogP contribution in [0.5, 0.6) is 0 Å². The predicted molar refractivity (Wildman–Crippen MR) is 124 cm³/mol. The van der Waals surface area contributed by atoms with E-state index in [0.29, 0.717) is 31.2 Å². The van der Waals surface area contributed by atoms with E-state index in [1.54, 1.807) is 0 Å². The predicted octanol–water partition coefficient (Wildman–Crippen LogP) is 3.27. The fourth-order valence-electron chi connectivity index (χ4n) is 4.93. The number of ketones is 1. The smallest absolute Gasteiger partial charge is 0.251 e. The zero-order valence-electron chi connectivity index (χ0n) is 19.4. The molecule has 3 fully saturated rings. The Labute approximate surface area is 191 Å². The summed E-state index contributed by atoms with van der Waals surface area (Å²) in [5.41, 5.74) is 1.68. The minimum Gasteiger partial charge on any atom is -0.342 e. The Kier molecular flexibility index (Phi) is 7.29. The average Bonchev–Trinajstić information content (AvgIpc) is 3.60. The monoisotopic (exact) mass is 439 g/mol. The number of likely N-dealkylation sites (tertiary alicyclic amines) is 1. The van der Waals surface area contributed by atoms with Crippen LogP contribution >= 0.6 is 0 Å². The van der Waals surface area contributed by atoms with Crippen LogP contribution in [-0.4, -0.2) is 54.2 Å². The number of hydrogen-bond donors (Lipinski definition) is 2. The molecule has 4 rings (SSSR count). The summed E-state index contributed by atoms with van der Waals surface area (Å²) in [5, 5.41) is 6.36. The molecule has 0 aromatic heterocycles. The number of amides is 2. The molecule has 3 aliphatic rings. The van der Waals surface area contributed by atoms with Crippen LogP contribution in [0.4, 0.5) is 0 Å². The van der Waals surface area contributed by atoms with E-state index in [2.05, 4.69) is 10.6 Å². The molecule has 2 N–H and O–H groups in total. The maximum atomic E-state index is 13.1. The summed E-state index contributed by atoms with van der Waals surface area (Å²) in [6, 6.07) is 7.82. The number of benzene rings is 1. The van der Waals surface area contributed by atoms with Gasteiger partial charge in [0.2, 0.25) is 5.91 Å². The third-order valence-corrected chi connectivity index (χ3v) is 7.26. The molecular weight excluding hydrogens is 402 g/mol. The zero-order valence-corrected chi connectivity index (χ0v) is 19.4. The van der Waals surface area contributed by atoms with Crippen molar-refractivity contribution < 1.29 is 14.4 Å². The zero-order chi connectivity index (χ0) is 22.7. The lowest BCUT2D eigenvalue weighted by molar-refractivity contribution is -0.134. The van der Waals surface area contributed by atoms with Gasteiger partial charge in [0, 0.05) is 36.5 Å². The molecule has 1 saturated heterocycles. The van der Waals surface area contributed by atoms with E-state index in [1.807, 2.05) is 43.0 Å². The van der Waals surface area contributed by atoms with E-state index in [9.17, 15) is 14.4 Å². The third-order valence-electron chi connectivity index (χ3n) is 7.26. The quantitative estimate of drug-likeness (QED) is 0.619. The van der Waals surface area contributed by atoms with Gasteiger partial charge in [0.25, 0.3) is 5.91 Å².